The smallest absolute Gasteiger partial charge is 0.123 e. The third kappa shape index (κ3) is 4.85. The third-order valence-corrected chi connectivity index (χ3v) is 4.18. The van der Waals surface area contributed by atoms with Crippen LogP contribution in [0.3, 0.4) is 0 Å². The number of hydrogen-bond donors (Lipinski definition) is 1. The first-order valence-electron chi connectivity index (χ1n) is 7.76. The van der Waals surface area contributed by atoms with E-state index in [4.69, 9.17) is 21.1 Å². The summed E-state index contributed by atoms with van der Waals surface area (Å²) < 4.78 is 11.3. The molecule has 3 rings (SSSR count). The maximum Gasteiger partial charge on any atom is 0.123 e. The molecule has 1 aromatic carbocycles. The minimum Gasteiger partial charge on any atom is -0.492 e. The normalized spacial score (nSPS) is 19.7. The lowest BCUT2D eigenvalue weighted by Gasteiger charge is -2.26. The predicted octanol–water partition coefficient (Wildman–Crippen LogP) is 2.30. The van der Waals surface area contributed by atoms with Crippen LogP contribution in [-0.4, -0.2) is 50.4 Å². The van der Waals surface area contributed by atoms with Crippen molar-refractivity contribution in [1.29, 1.82) is 0 Å². The van der Waals surface area contributed by atoms with E-state index in [1.807, 2.05) is 18.2 Å². The van der Waals surface area contributed by atoms with Gasteiger partial charge in [0, 0.05) is 42.8 Å². The molecule has 0 atom stereocenters. The molecule has 0 unspecified atom stereocenters. The number of nitrogens with zero attached hydrogens (tertiary/aromatic N) is 1. The van der Waals surface area contributed by atoms with Crippen molar-refractivity contribution in [3.63, 3.8) is 0 Å². The van der Waals surface area contributed by atoms with Gasteiger partial charge in [-0.25, -0.2) is 0 Å². The number of benzene rings is 1. The van der Waals surface area contributed by atoms with E-state index >= 15 is 0 Å². The highest BCUT2D eigenvalue weighted by molar-refractivity contribution is 6.30. The molecule has 1 saturated carbocycles. The average molecular weight is 311 g/mol. The number of rotatable bonds is 7. The fourth-order valence-electron chi connectivity index (χ4n) is 2.48. The minimum absolute atomic E-state index is 0.685. The fourth-order valence-corrected chi connectivity index (χ4v) is 2.67. The lowest BCUT2D eigenvalue weighted by atomic mass is 10.2. The van der Waals surface area contributed by atoms with Crippen LogP contribution in [0.25, 0.3) is 0 Å². The van der Waals surface area contributed by atoms with Crippen LogP contribution in [0.4, 0.5) is 0 Å². The van der Waals surface area contributed by atoms with Crippen molar-refractivity contribution < 1.29 is 9.47 Å². The molecule has 116 valence electrons. The second-order valence-corrected chi connectivity index (χ2v) is 6.15. The van der Waals surface area contributed by atoms with Crippen LogP contribution in [0.1, 0.15) is 18.4 Å². The van der Waals surface area contributed by atoms with Gasteiger partial charge in [0.25, 0.3) is 0 Å². The summed E-state index contributed by atoms with van der Waals surface area (Å²) in [5.41, 5.74) is 1.15. The van der Waals surface area contributed by atoms with Crippen molar-refractivity contribution in [1.82, 2.24) is 10.2 Å². The monoisotopic (exact) mass is 310 g/mol. The SMILES string of the molecule is Clc1ccc(OCCN2CCOCC2)c(CNC2CC2)c1. The number of halogens is 1. The first-order chi connectivity index (χ1) is 10.3. The summed E-state index contributed by atoms with van der Waals surface area (Å²) in [6.07, 6.45) is 2.57. The van der Waals surface area contributed by atoms with E-state index in [0.29, 0.717) is 12.6 Å². The molecule has 1 aromatic rings. The Morgan fingerprint density at radius 1 is 1.29 bits per heavy atom. The molecule has 0 aromatic heterocycles. The van der Waals surface area contributed by atoms with Gasteiger partial charge in [-0.15, -0.1) is 0 Å². The zero-order chi connectivity index (χ0) is 14.5. The summed E-state index contributed by atoms with van der Waals surface area (Å²) in [6, 6.07) is 6.56. The Balaban J connectivity index is 1.50. The van der Waals surface area contributed by atoms with E-state index in [1.165, 1.54) is 12.8 Å². The van der Waals surface area contributed by atoms with Crippen molar-refractivity contribution in [3.8, 4) is 5.75 Å². The summed E-state index contributed by atoms with van der Waals surface area (Å²) >= 11 is 6.10. The van der Waals surface area contributed by atoms with Gasteiger partial charge in [0.05, 0.1) is 13.2 Å². The van der Waals surface area contributed by atoms with Crippen LogP contribution in [0, 0.1) is 0 Å². The van der Waals surface area contributed by atoms with Crippen molar-refractivity contribution in [2.45, 2.75) is 25.4 Å². The topological polar surface area (TPSA) is 33.7 Å². The Labute approximate surface area is 131 Å². The molecule has 0 amide bonds. The highest BCUT2D eigenvalue weighted by atomic mass is 35.5. The lowest BCUT2D eigenvalue weighted by molar-refractivity contribution is 0.0322. The number of ether oxygens (including phenoxy) is 2. The molecule has 0 spiro atoms. The lowest BCUT2D eigenvalue weighted by Crippen LogP contribution is -2.38. The molecule has 2 aliphatic rings. The molecule has 0 radical (unpaired) electrons. The van der Waals surface area contributed by atoms with Crippen LogP contribution in [-0.2, 0) is 11.3 Å². The average Bonchev–Trinajstić information content (AvgIpc) is 3.32. The Kier molecular flexibility index (Phi) is 5.36. The molecule has 5 heteroatoms. The molecule has 4 nitrogen and oxygen atoms in total. The Hall–Kier alpha value is -0.810. The van der Waals surface area contributed by atoms with Gasteiger partial charge in [-0.05, 0) is 31.0 Å². The van der Waals surface area contributed by atoms with Crippen LogP contribution in [0.2, 0.25) is 5.02 Å². The van der Waals surface area contributed by atoms with E-state index in [-0.39, 0.29) is 0 Å². The summed E-state index contributed by atoms with van der Waals surface area (Å²) in [6.45, 7) is 6.15. The van der Waals surface area contributed by atoms with Crippen LogP contribution < -0.4 is 10.1 Å². The second-order valence-electron chi connectivity index (χ2n) is 5.71. The maximum atomic E-state index is 6.10. The number of hydrogen-bond acceptors (Lipinski definition) is 4. The number of morpholine rings is 1. The largest absolute Gasteiger partial charge is 0.492 e. The van der Waals surface area contributed by atoms with Crippen molar-refractivity contribution in [3.05, 3.63) is 28.8 Å². The summed E-state index contributed by atoms with van der Waals surface area (Å²) in [4.78, 5) is 2.38. The molecule has 1 N–H and O–H groups in total. The van der Waals surface area contributed by atoms with E-state index < -0.39 is 0 Å². The zero-order valence-corrected chi connectivity index (χ0v) is 13.1. The van der Waals surface area contributed by atoms with Gasteiger partial charge in [-0.1, -0.05) is 11.6 Å². The van der Waals surface area contributed by atoms with Crippen LogP contribution in [0.5, 0.6) is 5.75 Å². The Bertz CT molecular complexity index is 460. The van der Waals surface area contributed by atoms with Gasteiger partial charge in [-0.3, -0.25) is 4.90 Å². The quantitative estimate of drug-likeness (QED) is 0.838. The van der Waals surface area contributed by atoms with E-state index in [2.05, 4.69) is 10.2 Å². The van der Waals surface area contributed by atoms with E-state index in [0.717, 1.165) is 55.7 Å². The van der Waals surface area contributed by atoms with Crippen LogP contribution in [0.15, 0.2) is 18.2 Å². The fraction of sp³-hybridized carbons (Fsp3) is 0.625. The van der Waals surface area contributed by atoms with Gasteiger partial charge >= 0.3 is 0 Å². The van der Waals surface area contributed by atoms with Crippen molar-refractivity contribution in [2.75, 3.05) is 39.5 Å². The minimum atomic E-state index is 0.685. The molecule has 21 heavy (non-hydrogen) atoms. The summed E-state index contributed by atoms with van der Waals surface area (Å²) in [5.74, 6) is 0.945. The molecule has 0 bridgehead atoms. The highest BCUT2D eigenvalue weighted by Crippen LogP contribution is 2.25. The third-order valence-electron chi connectivity index (χ3n) is 3.95. The van der Waals surface area contributed by atoms with Gasteiger partial charge in [-0.2, -0.15) is 0 Å². The zero-order valence-electron chi connectivity index (χ0n) is 12.3. The van der Waals surface area contributed by atoms with Crippen molar-refractivity contribution >= 4 is 11.6 Å². The Morgan fingerprint density at radius 2 is 2.10 bits per heavy atom. The van der Waals surface area contributed by atoms with E-state index in [1.54, 1.807) is 0 Å². The molecular weight excluding hydrogens is 288 g/mol. The molecule has 1 saturated heterocycles. The summed E-state index contributed by atoms with van der Waals surface area (Å²) in [5, 5.41) is 4.28. The Morgan fingerprint density at radius 3 is 2.86 bits per heavy atom. The van der Waals surface area contributed by atoms with Gasteiger partial charge in [0.2, 0.25) is 0 Å². The van der Waals surface area contributed by atoms with Gasteiger partial charge in [0.1, 0.15) is 12.4 Å². The van der Waals surface area contributed by atoms with Gasteiger partial charge < -0.3 is 14.8 Å². The molecule has 1 aliphatic carbocycles. The predicted molar refractivity (Wildman–Crippen MR) is 84.1 cm³/mol. The number of nitrogens with one attached hydrogen (secondary N) is 1. The first kappa shape index (κ1) is 15.1. The van der Waals surface area contributed by atoms with Crippen molar-refractivity contribution in [2.24, 2.45) is 0 Å². The standard InChI is InChI=1S/C16H23ClN2O2/c17-14-1-4-16(13(11-14)12-18-15-2-3-15)21-10-7-19-5-8-20-9-6-19/h1,4,11,15,18H,2-3,5-10,12H2. The van der Waals surface area contributed by atoms with Gasteiger partial charge in [0.15, 0.2) is 0 Å². The maximum absolute atomic E-state index is 6.10. The first-order valence-corrected chi connectivity index (χ1v) is 8.14. The highest BCUT2D eigenvalue weighted by Gasteiger charge is 2.20. The van der Waals surface area contributed by atoms with Crippen LogP contribution >= 0.6 is 11.6 Å². The summed E-state index contributed by atoms with van der Waals surface area (Å²) in [7, 11) is 0. The van der Waals surface area contributed by atoms with E-state index in [9.17, 15) is 0 Å². The molecule has 1 aliphatic heterocycles. The molecule has 1 heterocycles. The second kappa shape index (κ2) is 7.45. The molecule has 2 fully saturated rings. The molecular formula is C16H23ClN2O2.